The monoisotopic (exact) mass is 360 g/mol. The highest BCUT2D eigenvalue weighted by Gasteiger charge is 2.49. The molecule has 1 aliphatic rings. The number of nitrogens with zero attached hydrogens (tertiary/aromatic N) is 3. The number of rotatable bonds is 6. The molecular formula is C18H18F2N4O2. The van der Waals surface area contributed by atoms with Gasteiger partial charge in [0.1, 0.15) is 5.69 Å². The van der Waals surface area contributed by atoms with Crippen LogP contribution in [0.5, 0.6) is 0 Å². The Morgan fingerprint density at radius 3 is 2.73 bits per heavy atom. The van der Waals surface area contributed by atoms with E-state index < -0.39 is 17.8 Å². The van der Waals surface area contributed by atoms with Crippen LogP contribution in [0.4, 0.5) is 8.78 Å². The molecule has 0 aliphatic heterocycles. The lowest BCUT2D eigenvalue weighted by Gasteiger charge is -2.17. The molecule has 26 heavy (non-hydrogen) atoms. The lowest BCUT2D eigenvalue weighted by atomic mass is 9.90. The molecule has 1 fully saturated rings. The fourth-order valence-corrected chi connectivity index (χ4v) is 2.91. The molecule has 0 radical (unpaired) electrons. The SMILES string of the molecule is C=Cc1ccccc1C1(C(N)=NOC(=O)c2cc(C(F)F)n(C)n2)CC1. The second-order valence-electron chi connectivity index (χ2n) is 6.11. The minimum Gasteiger partial charge on any atom is -0.384 e. The second kappa shape index (κ2) is 6.70. The average molecular weight is 360 g/mol. The highest BCUT2D eigenvalue weighted by molar-refractivity contribution is 5.96. The van der Waals surface area contributed by atoms with E-state index in [0.29, 0.717) is 0 Å². The average Bonchev–Trinajstić information content (AvgIpc) is 3.35. The maximum absolute atomic E-state index is 12.8. The highest BCUT2D eigenvalue weighted by atomic mass is 19.3. The molecule has 0 bridgehead atoms. The van der Waals surface area contributed by atoms with Crippen LogP contribution in [0.2, 0.25) is 0 Å². The summed E-state index contributed by atoms with van der Waals surface area (Å²) >= 11 is 0. The summed E-state index contributed by atoms with van der Waals surface area (Å²) in [5.74, 6) is -0.784. The van der Waals surface area contributed by atoms with Crippen molar-refractivity contribution in [1.82, 2.24) is 9.78 Å². The quantitative estimate of drug-likeness (QED) is 0.371. The zero-order valence-corrected chi connectivity index (χ0v) is 14.2. The van der Waals surface area contributed by atoms with E-state index in [-0.39, 0.29) is 17.2 Å². The van der Waals surface area contributed by atoms with Gasteiger partial charge in [0.2, 0.25) is 0 Å². The van der Waals surface area contributed by atoms with Gasteiger partial charge in [0, 0.05) is 13.1 Å². The van der Waals surface area contributed by atoms with Gasteiger partial charge in [0.15, 0.2) is 11.5 Å². The standard InChI is InChI=1S/C18H18F2N4O2/c1-3-11-6-4-5-7-12(11)18(8-9-18)17(21)23-26-16(25)13-10-14(15(19)20)24(2)22-13/h3-7,10,15H,1,8-9H2,2H3,(H2,21,23). The van der Waals surface area contributed by atoms with E-state index in [4.69, 9.17) is 10.6 Å². The number of hydrogen-bond donors (Lipinski definition) is 1. The van der Waals surface area contributed by atoms with E-state index in [1.54, 1.807) is 6.08 Å². The Morgan fingerprint density at radius 1 is 1.46 bits per heavy atom. The summed E-state index contributed by atoms with van der Waals surface area (Å²) < 4.78 is 26.5. The predicted molar refractivity (Wildman–Crippen MR) is 92.6 cm³/mol. The number of benzene rings is 1. The van der Waals surface area contributed by atoms with Crippen LogP contribution in [0.15, 0.2) is 42.1 Å². The van der Waals surface area contributed by atoms with Gasteiger partial charge in [-0.1, -0.05) is 42.1 Å². The molecule has 2 N–H and O–H groups in total. The van der Waals surface area contributed by atoms with Crippen molar-refractivity contribution in [2.24, 2.45) is 17.9 Å². The Balaban J connectivity index is 1.79. The van der Waals surface area contributed by atoms with Crippen LogP contribution in [0.25, 0.3) is 6.08 Å². The van der Waals surface area contributed by atoms with Crippen LogP contribution in [-0.2, 0) is 17.3 Å². The topological polar surface area (TPSA) is 82.5 Å². The molecule has 2 aromatic rings. The largest absolute Gasteiger partial charge is 0.385 e. The van der Waals surface area contributed by atoms with Gasteiger partial charge >= 0.3 is 5.97 Å². The maximum atomic E-state index is 12.8. The van der Waals surface area contributed by atoms with Crippen LogP contribution < -0.4 is 5.73 Å². The van der Waals surface area contributed by atoms with Crippen molar-refractivity contribution in [1.29, 1.82) is 0 Å². The molecule has 0 spiro atoms. The van der Waals surface area contributed by atoms with E-state index in [0.717, 1.165) is 34.7 Å². The van der Waals surface area contributed by atoms with Gasteiger partial charge in [0.25, 0.3) is 6.43 Å². The van der Waals surface area contributed by atoms with Gasteiger partial charge in [0.05, 0.1) is 5.41 Å². The van der Waals surface area contributed by atoms with E-state index in [1.165, 1.54) is 7.05 Å². The Kier molecular flexibility index (Phi) is 4.58. The summed E-state index contributed by atoms with van der Waals surface area (Å²) in [6.07, 6.45) is 0.523. The molecule has 1 heterocycles. The van der Waals surface area contributed by atoms with Crippen molar-refractivity contribution in [3.8, 4) is 0 Å². The third kappa shape index (κ3) is 3.10. The number of halogens is 2. The molecule has 1 saturated carbocycles. The van der Waals surface area contributed by atoms with Crippen molar-refractivity contribution >= 4 is 17.9 Å². The van der Waals surface area contributed by atoms with Gasteiger partial charge in [-0.05, 0) is 24.0 Å². The van der Waals surface area contributed by atoms with Crippen LogP contribution in [0.3, 0.4) is 0 Å². The highest BCUT2D eigenvalue weighted by Crippen LogP contribution is 2.49. The van der Waals surface area contributed by atoms with E-state index in [9.17, 15) is 13.6 Å². The molecule has 1 aromatic heterocycles. The molecule has 8 heteroatoms. The summed E-state index contributed by atoms with van der Waals surface area (Å²) in [6, 6.07) is 8.61. The number of aryl methyl sites for hydroxylation is 1. The molecule has 0 saturated heterocycles. The zero-order valence-electron chi connectivity index (χ0n) is 14.2. The summed E-state index contributed by atoms with van der Waals surface area (Å²) in [5, 5.41) is 7.46. The lowest BCUT2D eigenvalue weighted by Crippen LogP contribution is -2.30. The molecule has 0 atom stereocenters. The van der Waals surface area contributed by atoms with E-state index in [2.05, 4.69) is 16.8 Å². The van der Waals surface area contributed by atoms with Crippen molar-refractivity contribution in [3.05, 3.63) is 59.4 Å². The first kappa shape index (κ1) is 17.8. The predicted octanol–water partition coefficient (Wildman–Crippen LogP) is 3.16. The number of carbonyl (C=O) groups excluding carboxylic acids is 1. The molecule has 136 valence electrons. The maximum Gasteiger partial charge on any atom is 0.385 e. The van der Waals surface area contributed by atoms with E-state index in [1.807, 2.05) is 24.3 Å². The summed E-state index contributed by atoms with van der Waals surface area (Å²) in [4.78, 5) is 16.9. The van der Waals surface area contributed by atoms with Gasteiger partial charge in [-0.3, -0.25) is 4.68 Å². The second-order valence-corrected chi connectivity index (χ2v) is 6.11. The van der Waals surface area contributed by atoms with Crippen molar-refractivity contribution in [2.75, 3.05) is 0 Å². The number of aromatic nitrogens is 2. The van der Waals surface area contributed by atoms with E-state index >= 15 is 0 Å². The number of amidine groups is 1. The summed E-state index contributed by atoms with van der Waals surface area (Å²) in [7, 11) is 1.32. The van der Waals surface area contributed by atoms with Crippen LogP contribution in [-0.4, -0.2) is 21.6 Å². The number of hydrogen-bond acceptors (Lipinski definition) is 4. The summed E-state index contributed by atoms with van der Waals surface area (Å²) in [5.41, 5.74) is 6.83. The van der Waals surface area contributed by atoms with Crippen LogP contribution in [0.1, 0.15) is 46.6 Å². The zero-order chi connectivity index (χ0) is 18.9. The molecule has 3 rings (SSSR count). The Labute approximate surface area is 148 Å². The number of oxime groups is 1. The molecule has 0 unspecified atom stereocenters. The Hall–Kier alpha value is -3.03. The molecule has 1 aromatic carbocycles. The molecular weight excluding hydrogens is 342 g/mol. The normalized spacial score (nSPS) is 15.8. The fraction of sp³-hybridized carbons (Fsp3) is 0.278. The summed E-state index contributed by atoms with van der Waals surface area (Å²) in [6.45, 7) is 3.79. The van der Waals surface area contributed by atoms with Gasteiger partial charge in [-0.15, -0.1) is 0 Å². The van der Waals surface area contributed by atoms with Crippen LogP contribution >= 0.6 is 0 Å². The van der Waals surface area contributed by atoms with Crippen molar-refractivity contribution in [2.45, 2.75) is 24.7 Å². The molecule has 0 amide bonds. The third-order valence-electron chi connectivity index (χ3n) is 4.51. The molecule has 1 aliphatic carbocycles. The Morgan fingerprint density at radius 2 is 2.15 bits per heavy atom. The fourth-order valence-electron chi connectivity index (χ4n) is 2.91. The van der Waals surface area contributed by atoms with Crippen LogP contribution in [0, 0.1) is 0 Å². The number of alkyl halides is 2. The van der Waals surface area contributed by atoms with Gasteiger partial charge in [-0.25, -0.2) is 13.6 Å². The smallest absolute Gasteiger partial charge is 0.384 e. The minimum atomic E-state index is -2.74. The third-order valence-corrected chi connectivity index (χ3v) is 4.51. The molecule has 6 nitrogen and oxygen atoms in total. The lowest BCUT2D eigenvalue weighted by molar-refractivity contribution is 0.0506. The van der Waals surface area contributed by atoms with Crippen molar-refractivity contribution in [3.63, 3.8) is 0 Å². The van der Waals surface area contributed by atoms with Gasteiger partial charge < -0.3 is 10.6 Å². The van der Waals surface area contributed by atoms with Crippen molar-refractivity contribution < 1.29 is 18.4 Å². The minimum absolute atomic E-state index is 0.158. The number of nitrogens with two attached hydrogens (primary N) is 1. The first-order chi connectivity index (χ1) is 12.4. The number of carbonyl (C=O) groups is 1. The Bertz CT molecular complexity index is 885. The van der Waals surface area contributed by atoms with Gasteiger partial charge in [-0.2, -0.15) is 5.10 Å². The first-order valence-corrected chi connectivity index (χ1v) is 7.98. The first-order valence-electron chi connectivity index (χ1n) is 7.98.